The molecule has 0 atom stereocenters. The first kappa shape index (κ1) is 28.5. The Morgan fingerprint density at radius 2 is 1.75 bits per heavy atom. The summed E-state index contributed by atoms with van der Waals surface area (Å²) in [5.74, 6) is 0.0830. The Labute approximate surface area is 185 Å². The van der Waals surface area contributed by atoms with Gasteiger partial charge in [0.1, 0.15) is 11.5 Å². The van der Waals surface area contributed by atoms with Gasteiger partial charge in [0.2, 0.25) is 0 Å². The molecule has 0 aliphatic carbocycles. The maximum absolute atomic E-state index is 11.9. The Morgan fingerprint density at radius 3 is 2.12 bits per heavy atom. The van der Waals surface area contributed by atoms with Crippen LogP contribution in [0.3, 0.4) is 0 Å². The summed E-state index contributed by atoms with van der Waals surface area (Å²) in [6, 6.07) is 8.20. The summed E-state index contributed by atoms with van der Waals surface area (Å²) in [6.07, 6.45) is 3.19. The van der Waals surface area contributed by atoms with Crippen molar-refractivity contribution < 1.29 is 36.7 Å². The lowest BCUT2D eigenvalue weighted by Crippen LogP contribution is -2.16. The van der Waals surface area contributed by atoms with E-state index in [0.29, 0.717) is 24.0 Å². The smallest absolute Gasteiger partial charge is 0.469 e. The fourth-order valence-electron chi connectivity index (χ4n) is 1.89. The molecule has 2 aromatic rings. The van der Waals surface area contributed by atoms with E-state index in [-0.39, 0.29) is 17.5 Å². The third-order valence-electron chi connectivity index (χ3n) is 3.51. The molecule has 0 amide bonds. The number of halogens is 3. The van der Waals surface area contributed by atoms with Gasteiger partial charge in [0.15, 0.2) is 12.0 Å². The monoisotopic (exact) mass is 455 g/mol. The van der Waals surface area contributed by atoms with Crippen LogP contribution in [0.5, 0.6) is 5.75 Å². The van der Waals surface area contributed by atoms with E-state index in [9.17, 15) is 22.8 Å². The lowest BCUT2D eigenvalue weighted by molar-refractivity contribution is -0.274. The van der Waals surface area contributed by atoms with Gasteiger partial charge in [-0.3, -0.25) is 9.59 Å². The summed E-state index contributed by atoms with van der Waals surface area (Å²) in [5.41, 5.74) is 6.83. The summed E-state index contributed by atoms with van der Waals surface area (Å²) >= 11 is 0. The van der Waals surface area contributed by atoms with Crippen molar-refractivity contribution in [2.75, 3.05) is 7.11 Å². The number of methoxy groups -OCH3 is 1. The van der Waals surface area contributed by atoms with Gasteiger partial charge < -0.3 is 19.6 Å². The highest BCUT2D eigenvalue weighted by Crippen LogP contribution is 2.27. The predicted molar refractivity (Wildman–Crippen MR) is 116 cm³/mol. The third kappa shape index (κ3) is 12.9. The number of benzene rings is 1. The van der Waals surface area contributed by atoms with Crippen LogP contribution in [0.2, 0.25) is 0 Å². The summed E-state index contributed by atoms with van der Waals surface area (Å²) in [4.78, 5) is 20.4. The Hall–Kier alpha value is -3.49. The number of carbonyl (C=O) groups is 2. The molecule has 0 spiro atoms. The topological polar surface area (TPSA) is 91.8 Å². The highest BCUT2D eigenvalue weighted by molar-refractivity contribution is 5.72. The van der Waals surface area contributed by atoms with Gasteiger partial charge in [-0.1, -0.05) is 26.0 Å². The average molecular weight is 455 g/mol. The number of alkyl halides is 3. The summed E-state index contributed by atoms with van der Waals surface area (Å²) in [5, 5.41) is 0. The Kier molecular flexibility index (Phi) is 13.7. The number of allylic oxidation sites excluding steroid dienone is 3. The van der Waals surface area contributed by atoms with Crippen LogP contribution in [0.25, 0.3) is 11.3 Å². The van der Waals surface area contributed by atoms with Crippen LogP contribution in [-0.2, 0) is 9.53 Å². The molecule has 0 bridgehead atoms. The molecule has 0 fully saturated rings. The molecule has 0 saturated carbocycles. The maximum atomic E-state index is 11.9. The van der Waals surface area contributed by atoms with E-state index in [1.165, 1.54) is 37.4 Å². The summed E-state index contributed by atoms with van der Waals surface area (Å²) in [7, 11) is 1.38. The number of hydrogen-bond acceptors (Lipinski definition) is 6. The second kappa shape index (κ2) is 15.3. The number of furan rings is 1. The fraction of sp³-hybridized carbons (Fsp3) is 0.304. The van der Waals surface area contributed by atoms with Crippen molar-refractivity contribution in [2.24, 2.45) is 5.73 Å². The lowest BCUT2D eigenvalue weighted by Gasteiger charge is -2.08. The average Bonchev–Trinajstić information content (AvgIpc) is 3.26. The first-order chi connectivity index (χ1) is 15.1. The van der Waals surface area contributed by atoms with Crippen LogP contribution >= 0.6 is 0 Å². The molecule has 2 N–H and O–H groups in total. The minimum atomic E-state index is -4.71. The second-order valence-electron chi connectivity index (χ2n) is 5.92. The molecule has 0 saturated heterocycles. The standard InChI is InChI=1S/C12H7F3O3.C7H13N.C4H8O2/c13-12(14,15)18-9-3-1-8(2-4-9)11-6-5-10(7-16)17-11;1-3-5-6-7(8)4-2;1-3-4(5)6-2/h1-7H;4-6H,3,8H2,1-2H3;3H2,1-2H3/b;6-5-,7-4+;. The third-order valence-corrected chi connectivity index (χ3v) is 3.51. The van der Waals surface area contributed by atoms with Gasteiger partial charge in [-0.15, -0.1) is 13.2 Å². The molecular weight excluding hydrogens is 427 g/mol. The van der Waals surface area contributed by atoms with Gasteiger partial charge in [0.25, 0.3) is 0 Å². The molecule has 32 heavy (non-hydrogen) atoms. The Bertz CT molecular complexity index is 863. The van der Waals surface area contributed by atoms with Crippen LogP contribution in [0.15, 0.2) is 64.7 Å². The molecule has 2 rings (SSSR count). The number of aldehydes is 1. The van der Waals surface area contributed by atoms with Crippen LogP contribution in [0.1, 0.15) is 44.2 Å². The molecule has 6 nitrogen and oxygen atoms in total. The van der Waals surface area contributed by atoms with Gasteiger partial charge >= 0.3 is 12.3 Å². The van der Waals surface area contributed by atoms with E-state index < -0.39 is 6.36 Å². The minimum absolute atomic E-state index is 0.153. The second-order valence-corrected chi connectivity index (χ2v) is 5.92. The normalized spacial score (nSPS) is 11.0. The zero-order chi connectivity index (χ0) is 24.6. The molecule has 1 heterocycles. The molecule has 0 unspecified atom stereocenters. The fourth-order valence-corrected chi connectivity index (χ4v) is 1.89. The molecule has 0 aliphatic heterocycles. The summed E-state index contributed by atoms with van der Waals surface area (Å²) in [6.45, 7) is 5.76. The number of esters is 1. The van der Waals surface area contributed by atoms with Gasteiger partial charge in [0, 0.05) is 17.7 Å². The molecule has 1 aromatic carbocycles. The van der Waals surface area contributed by atoms with E-state index in [4.69, 9.17) is 10.2 Å². The van der Waals surface area contributed by atoms with Crippen LogP contribution < -0.4 is 10.5 Å². The molecule has 0 aliphatic rings. The van der Waals surface area contributed by atoms with Crippen LogP contribution in [0.4, 0.5) is 13.2 Å². The van der Waals surface area contributed by atoms with Crippen molar-refractivity contribution in [1.82, 2.24) is 0 Å². The lowest BCUT2D eigenvalue weighted by atomic mass is 10.2. The molecule has 1 aromatic heterocycles. The number of rotatable bonds is 6. The van der Waals surface area contributed by atoms with Gasteiger partial charge in [-0.25, -0.2) is 0 Å². The molecule has 9 heteroatoms. The van der Waals surface area contributed by atoms with Crippen molar-refractivity contribution in [3.8, 4) is 17.1 Å². The number of carbonyl (C=O) groups excluding carboxylic acids is 2. The highest BCUT2D eigenvalue weighted by Gasteiger charge is 2.30. The van der Waals surface area contributed by atoms with Gasteiger partial charge in [-0.05, 0) is 55.8 Å². The highest BCUT2D eigenvalue weighted by atomic mass is 19.4. The van der Waals surface area contributed by atoms with Crippen molar-refractivity contribution in [3.05, 3.63) is 66.1 Å². The van der Waals surface area contributed by atoms with E-state index in [0.717, 1.165) is 12.1 Å². The van der Waals surface area contributed by atoms with Crippen molar-refractivity contribution in [1.29, 1.82) is 0 Å². The van der Waals surface area contributed by atoms with Crippen LogP contribution in [0, 0.1) is 0 Å². The number of ether oxygens (including phenoxy) is 2. The van der Waals surface area contributed by atoms with Gasteiger partial charge in [0.05, 0.1) is 7.11 Å². The zero-order valence-corrected chi connectivity index (χ0v) is 18.4. The zero-order valence-electron chi connectivity index (χ0n) is 18.4. The van der Waals surface area contributed by atoms with E-state index in [2.05, 4.69) is 16.4 Å². The van der Waals surface area contributed by atoms with Crippen molar-refractivity contribution in [3.63, 3.8) is 0 Å². The number of hydrogen-bond donors (Lipinski definition) is 1. The first-order valence-electron chi connectivity index (χ1n) is 9.66. The van der Waals surface area contributed by atoms with E-state index in [1.54, 1.807) is 13.0 Å². The largest absolute Gasteiger partial charge is 0.573 e. The van der Waals surface area contributed by atoms with E-state index >= 15 is 0 Å². The maximum Gasteiger partial charge on any atom is 0.573 e. The number of nitrogens with two attached hydrogens (primary N) is 1. The molecule has 0 radical (unpaired) electrons. The molecular formula is C23H28F3NO5. The van der Waals surface area contributed by atoms with Crippen molar-refractivity contribution >= 4 is 12.3 Å². The van der Waals surface area contributed by atoms with Crippen LogP contribution in [-0.4, -0.2) is 25.7 Å². The van der Waals surface area contributed by atoms with Gasteiger partial charge in [-0.2, -0.15) is 0 Å². The Balaban J connectivity index is 0.000000571. The van der Waals surface area contributed by atoms with E-state index in [1.807, 2.05) is 25.2 Å². The first-order valence-corrected chi connectivity index (χ1v) is 9.66. The Morgan fingerprint density at radius 1 is 1.12 bits per heavy atom. The quantitative estimate of drug-likeness (QED) is 0.324. The van der Waals surface area contributed by atoms with Crippen molar-refractivity contribution in [2.45, 2.75) is 40.0 Å². The molecule has 176 valence electrons. The SMILES string of the molecule is C/C=C(N)\C=C/CC.CCC(=O)OC.O=Cc1ccc(-c2ccc(OC(F)(F)F)cc2)o1. The predicted octanol–water partition coefficient (Wildman–Crippen LogP) is 6.04. The minimum Gasteiger partial charge on any atom is -0.469 e. The summed E-state index contributed by atoms with van der Waals surface area (Å²) < 4.78 is 48.9.